The van der Waals surface area contributed by atoms with E-state index < -0.39 is 0 Å². The first-order chi connectivity index (χ1) is 8.85. The maximum absolute atomic E-state index is 5.51. The molecular formula is C15H19BrNO+. The van der Waals surface area contributed by atoms with Crippen LogP contribution in [-0.2, 0) is 6.42 Å². The zero-order valence-electron chi connectivity index (χ0n) is 10.8. The Kier molecular flexibility index (Phi) is 3.42. The Morgan fingerprint density at radius 2 is 2.22 bits per heavy atom. The Bertz CT molecular complexity index is 495. The van der Waals surface area contributed by atoms with Crippen molar-refractivity contribution in [2.45, 2.75) is 38.1 Å². The lowest BCUT2D eigenvalue weighted by Gasteiger charge is -2.18. The van der Waals surface area contributed by atoms with Crippen LogP contribution < -0.4 is 4.74 Å². The molecule has 2 aliphatic rings. The molecule has 0 saturated heterocycles. The highest BCUT2D eigenvalue weighted by Crippen LogP contribution is 2.38. The summed E-state index contributed by atoms with van der Waals surface area (Å²) in [5.41, 5.74) is 4.41. The lowest BCUT2D eigenvalue weighted by molar-refractivity contribution is -0.479. The molecule has 0 bridgehead atoms. The van der Waals surface area contributed by atoms with Crippen molar-refractivity contribution in [3.63, 3.8) is 0 Å². The molecule has 3 rings (SSSR count). The number of ether oxygens (including phenoxy) is 1. The Morgan fingerprint density at radius 3 is 3.00 bits per heavy atom. The molecule has 18 heavy (non-hydrogen) atoms. The summed E-state index contributed by atoms with van der Waals surface area (Å²) < 4.78 is 8.10. The number of benzene rings is 1. The molecular weight excluding hydrogens is 290 g/mol. The first-order valence-corrected chi connectivity index (χ1v) is 7.83. The van der Waals surface area contributed by atoms with E-state index in [1.807, 2.05) is 0 Å². The van der Waals surface area contributed by atoms with Gasteiger partial charge in [0.15, 0.2) is 11.8 Å². The SMILES string of the molecule is COc1cccc2c1CCC1=[N+]2C(CCBr)CC1. The Morgan fingerprint density at radius 1 is 1.33 bits per heavy atom. The van der Waals surface area contributed by atoms with Crippen LogP contribution in [0.25, 0.3) is 0 Å². The summed E-state index contributed by atoms with van der Waals surface area (Å²) in [5, 5.41) is 1.08. The molecule has 0 spiro atoms. The second-order valence-corrected chi connectivity index (χ2v) is 5.86. The van der Waals surface area contributed by atoms with Gasteiger partial charge in [-0.25, -0.2) is 0 Å². The van der Waals surface area contributed by atoms with Crippen LogP contribution in [0.15, 0.2) is 18.2 Å². The molecule has 1 aromatic carbocycles. The van der Waals surface area contributed by atoms with Crippen molar-refractivity contribution in [1.29, 1.82) is 0 Å². The van der Waals surface area contributed by atoms with Gasteiger partial charge >= 0.3 is 0 Å². The summed E-state index contributed by atoms with van der Waals surface area (Å²) in [6.45, 7) is 0. The fourth-order valence-electron chi connectivity index (χ4n) is 3.34. The van der Waals surface area contributed by atoms with Crippen LogP contribution in [0, 0.1) is 0 Å². The Labute approximate surface area is 117 Å². The standard InChI is InChI=1S/C15H19BrNO/c1-18-15-4-2-3-14-13(15)8-7-11-5-6-12(9-10-16)17(11)14/h2-4,12H,5-10H2,1H3/q+1. The molecule has 0 saturated carbocycles. The van der Waals surface area contributed by atoms with Crippen LogP contribution >= 0.6 is 15.9 Å². The highest BCUT2D eigenvalue weighted by Gasteiger charge is 2.38. The predicted molar refractivity (Wildman–Crippen MR) is 77.7 cm³/mol. The van der Waals surface area contributed by atoms with Gasteiger partial charge in [0.25, 0.3) is 0 Å². The third kappa shape index (κ3) is 1.89. The fraction of sp³-hybridized carbons (Fsp3) is 0.533. The second-order valence-electron chi connectivity index (χ2n) is 5.06. The number of halogens is 1. The molecule has 1 atom stereocenters. The van der Waals surface area contributed by atoms with E-state index in [0.717, 1.165) is 17.5 Å². The van der Waals surface area contributed by atoms with Crippen molar-refractivity contribution in [3.8, 4) is 5.75 Å². The average Bonchev–Trinajstić information content (AvgIpc) is 2.82. The van der Waals surface area contributed by atoms with Gasteiger partial charge in [-0.3, -0.25) is 0 Å². The van der Waals surface area contributed by atoms with Crippen molar-refractivity contribution in [2.75, 3.05) is 12.4 Å². The van der Waals surface area contributed by atoms with Crippen LogP contribution in [0.4, 0.5) is 5.69 Å². The molecule has 0 aromatic heterocycles. The Hall–Kier alpha value is -0.830. The van der Waals surface area contributed by atoms with Crippen molar-refractivity contribution >= 4 is 27.3 Å². The first-order valence-electron chi connectivity index (χ1n) is 6.71. The van der Waals surface area contributed by atoms with E-state index in [4.69, 9.17) is 4.74 Å². The summed E-state index contributed by atoms with van der Waals surface area (Å²) >= 11 is 3.58. The van der Waals surface area contributed by atoms with Crippen molar-refractivity contribution in [3.05, 3.63) is 23.8 Å². The van der Waals surface area contributed by atoms with Crippen molar-refractivity contribution in [1.82, 2.24) is 0 Å². The number of hydrogen-bond acceptors (Lipinski definition) is 1. The van der Waals surface area contributed by atoms with E-state index >= 15 is 0 Å². The summed E-state index contributed by atoms with van der Waals surface area (Å²) in [4.78, 5) is 0. The Balaban J connectivity index is 2.06. The minimum absolute atomic E-state index is 0.672. The van der Waals surface area contributed by atoms with Gasteiger partial charge < -0.3 is 4.74 Å². The van der Waals surface area contributed by atoms with Gasteiger partial charge in [0.05, 0.1) is 12.7 Å². The molecule has 1 aromatic rings. The van der Waals surface area contributed by atoms with E-state index in [-0.39, 0.29) is 0 Å². The molecule has 1 unspecified atom stereocenters. The molecule has 2 aliphatic heterocycles. The van der Waals surface area contributed by atoms with Gasteiger partial charge in [0.1, 0.15) is 5.75 Å². The molecule has 0 aliphatic carbocycles. The number of rotatable bonds is 3. The molecule has 0 N–H and O–H groups in total. The van der Waals surface area contributed by atoms with Gasteiger partial charge in [-0.1, -0.05) is 22.0 Å². The van der Waals surface area contributed by atoms with Gasteiger partial charge in [0.2, 0.25) is 5.69 Å². The summed E-state index contributed by atoms with van der Waals surface area (Å²) in [6.07, 6.45) is 6.13. The van der Waals surface area contributed by atoms with Crippen LogP contribution in [0.2, 0.25) is 0 Å². The second kappa shape index (κ2) is 5.04. The summed E-state index contributed by atoms with van der Waals surface area (Å²) in [6, 6.07) is 7.12. The minimum Gasteiger partial charge on any atom is -0.496 e. The average molecular weight is 309 g/mol. The molecule has 0 amide bonds. The normalized spacial score (nSPS) is 21.8. The lowest BCUT2D eigenvalue weighted by Crippen LogP contribution is -2.25. The highest BCUT2D eigenvalue weighted by molar-refractivity contribution is 9.09. The number of hydrogen-bond donors (Lipinski definition) is 0. The third-order valence-electron chi connectivity index (χ3n) is 4.17. The summed E-state index contributed by atoms with van der Waals surface area (Å²) in [5.74, 6) is 1.05. The smallest absolute Gasteiger partial charge is 0.212 e. The molecule has 0 fully saturated rings. The van der Waals surface area contributed by atoms with Gasteiger partial charge in [0, 0.05) is 37.1 Å². The van der Waals surface area contributed by atoms with Gasteiger partial charge in [-0.15, -0.1) is 0 Å². The van der Waals surface area contributed by atoms with Gasteiger partial charge in [-0.2, -0.15) is 4.58 Å². The summed E-state index contributed by atoms with van der Waals surface area (Å²) in [7, 11) is 1.77. The van der Waals surface area contributed by atoms with E-state index in [9.17, 15) is 0 Å². The van der Waals surface area contributed by atoms with E-state index in [1.165, 1.54) is 36.9 Å². The minimum atomic E-state index is 0.672. The molecule has 2 heterocycles. The van der Waals surface area contributed by atoms with E-state index in [1.54, 1.807) is 12.8 Å². The molecule has 2 nitrogen and oxygen atoms in total. The topological polar surface area (TPSA) is 12.2 Å². The molecule has 0 radical (unpaired) electrons. The van der Waals surface area contributed by atoms with Crippen LogP contribution in [0.3, 0.4) is 0 Å². The third-order valence-corrected chi connectivity index (χ3v) is 4.62. The number of nitrogens with zero attached hydrogens (tertiary/aromatic N) is 1. The monoisotopic (exact) mass is 308 g/mol. The maximum atomic E-state index is 5.51. The van der Waals surface area contributed by atoms with Crippen molar-refractivity contribution in [2.24, 2.45) is 0 Å². The van der Waals surface area contributed by atoms with E-state index in [0.29, 0.717) is 6.04 Å². The fourth-order valence-corrected chi connectivity index (χ4v) is 3.87. The number of fused-ring (bicyclic) bond motifs is 2. The maximum Gasteiger partial charge on any atom is 0.212 e. The first kappa shape index (κ1) is 12.2. The number of alkyl halides is 1. The zero-order valence-corrected chi connectivity index (χ0v) is 12.4. The van der Waals surface area contributed by atoms with Gasteiger partial charge in [-0.05, 0) is 12.5 Å². The highest BCUT2D eigenvalue weighted by atomic mass is 79.9. The van der Waals surface area contributed by atoms with Crippen LogP contribution in [0.5, 0.6) is 5.75 Å². The van der Waals surface area contributed by atoms with E-state index in [2.05, 4.69) is 38.7 Å². The van der Waals surface area contributed by atoms with Crippen LogP contribution in [-0.4, -0.2) is 28.8 Å². The molecule has 96 valence electrons. The lowest BCUT2D eigenvalue weighted by atomic mass is 9.99. The zero-order chi connectivity index (χ0) is 12.5. The predicted octanol–water partition coefficient (Wildman–Crippen LogP) is 3.67. The van der Waals surface area contributed by atoms with Crippen molar-refractivity contribution < 1.29 is 9.31 Å². The largest absolute Gasteiger partial charge is 0.496 e. The molecule has 3 heteroatoms. The quantitative estimate of drug-likeness (QED) is 0.613. The number of methoxy groups -OCH3 is 1. The van der Waals surface area contributed by atoms with Crippen LogP contribution in [0.1, 0.15) is 31.2 Å².